The average molecular weight is 349 g/mol. The maximum atomic E-state index is 12.4. The normalized spacial score (nSPS) is 12.5. The van der Waals surface area contributed by atoms with Crippen LogP contribution in [0.5, 0.6) is 0 Å². The lowest BCUT2D eigenvalue weighted by atomic mass is 9.93. The summed E-state index contributed by atoms with van der Waals surface area (Å²) in [5.74, 6) is -0.0735. The van der Waals surface area contributed by atoms with E-state index < -0.39 is 0 Å². The molecule has 0 saturated heterocycles. The van der Waals surface area contributed by atoms with E-state index in [0.717, 1.165) is 22.8 Å². The van der Waals surface area contributed by atoms with E-state index in [1.807, 2.05) is 11.6 Å². The van der Waals surface area contributed by atoms with E-state index >= 15 is 0 Å². The van der Waals surface area contributed by atoms with Gasteiger partial charge in [0.1, 0.15) is 0 Å². The number of carbonyl (C=O) groups is 1. The van der Waals surface area contributed by atoms with E-state index in [0.29, 0.717) is 12.1 Å². The second-order valence-corrected chi connectivity index (χ2v) is 9.05. The predicted octanol–water partition coefficient (Wildman–Crippen LogP) is 3.67. The Kier molecular flexibility index (Phi) is 5.18. The first kappa shape index (κ1) is 18.6. The van der Waals surface area contributed by atoms with E-state index in [2.05, 4.69) is 62.3 Å². The van der Waals surface area contributed by atoms with Crippen LogP contribution in [0.4, 0.5) is 0 Å². The van der Waals surface area contributed by atoms with Gasteiger partial charge in [0.25, 0.3) is 5.91 Å². The molecule has 2 rings (SSSR count). The highest BCUT2D eigenvalue weighted by Gasteiger charge is 2.21. The van der Waals surface area contributed by atoms with Crippen molar-refractivity contribution in [2.75, 3.05) is 6.54 Å². The van der Waals surface area contributed by atoms with Gasteiger partial charge in [-0.25, -0.2) is 4.98 Å². The van der Waals surface area contributed by atoms with Crippen molar-refractivity contribution in [2.24, 2.45) is 0 Å². The summed E-state index contributed by atoms with van der Waals surface area (Å²) >= 11 is 1.66. The predicted molar refractivity (Wildman–Crippen MR) is 98.8 cm³/mol. The molecule has 2 aromatic heterocycles. The molecule has 0 saturated carbocycles. The Labute approximate surface area is 148 Å². The second kappa shape index (κ2) is 6.67. The van der Waals surface area contributed by atoms with E-state index in [4.69, 9.17) is 0 Å². The number of nitrogens with one attached hydrogen (secondary N) is 1. The van der Waals surface area contributed by atoms with Crippen LogP contribution < -0.4 is 5.32 Å². The zero-order valence-electron chi connectivity index (χ0n) is 15.7. The van der Waals surface area contributed by atoms with Crippen LogP contribution >= 0.6 is 11.3 Å². The molecule has 5 nitrogen and oxygen atoms in total. The molecule has 0 aromatic carbocycles. The van der Waals surface area contributed by atoms with Gasteiger partial charge in [-0.2, -0.15) is 5.10 Å². The van der Waals surface area contributed by atoms with Gasteiger partial charge in [0.2, 0.25) is 0 Å². The minimum absolute atomic E-state index is 0.0661. The summed E-state index contributed by atoms with van der Waals surface area (Å²) in [6.07, 6.45) is 2.40. The molecule has 0 aliphatic heterocycles. The van der Waals surface area contributed by atoms with Crippen LogP contribution in [-0.2, 0) is 17.4 Å². The van der Waals surface area contributed by atoms with Crippen LogP contribution in [0.25, 0.3) is 0 Å². The Bertz CT molecular complexity index is 716. The minimum Gasteiger partial charge on any atom is -0.352 e. The Morgan fingerprint density at radius 1 is 1.25 bits per heavy atom. The third-order valence-electron chi connectivity index (χ3n) is 3.83. The van der Waals surface area contributed by atoms with Crippen molar-refractivity contribution in [1.82, 2.24) is 20.1 Å². The summed E-state index contributed by atoms with van der Waals surface area (Å²) in [5, 5.41) is 10.5. The SMILES string of the molecule is Cc1c(C(=O)NCCc2nc(C(C)(C)C)cs2)cnn1C(C)(C)C. The molecule has 0 aliphatic rings. The van der Waals surface area contributed by atoms with Crippen LogP contribution in [0.2, 0.25) is 0 Å². The number of hydrogen-bond donors (Lipinski definition) is 1. The maximum Gasteiger partial charge on any atom is 0.254 e. The fraction of sp³-hybridized carbons (Fsp3) is 0.611. The lowest BCUT2D eigenvalue weighted by molar-refractivity contribution is 0.0953. The molecule has 0 spiro atoms. The smallest absolute Gasteiger partial charge is 0.254 e. The number of carbonyl (C=O) groups excluding carboxylic acids is 1. The first-order valence-corrected chi connectivity index (χ1v) is 9.16. The van der Waals surface area contributed by atoms with Gasteiger partial charge in [-0.1, -0.05) is 20.8 Å². The third kappa shape index (κ3) is 4.23. The number of aromatic nitrogens is 3. The monoisotopic (exact) mass is 348 g/mol. The van der Waals surface area contributed by atoms with Gasteiger partial charge in [0, 0.05) is 29.5 Å². The third-order valence-corrected chi connectivity index (χ3v) is 4.74. The number of thiazole rings is 1. The Balaban J connectivity index is 1.95. The van der Waals surface area contributed by atoms with Gasteiger partial charge in [0.05, 0.1) is 28.0 Å². The lowest BCUT2D eigenvalue weighted by Crippen LogP contribution is -2.28. The molecule has 1 N–H and O–H groups in total. The number of hydrogen-bond acceptors (Lipinski definition) is 4. The van der Waals surface area contributed by atoms with Gasteiger partial charge < -0.3 is 5.32 Å². The molecule has 0 atom stereocenters. The zero-order chi connectivity index (χ0) is 18.1. The average Bonchev–Trinajstić information content (AvgIpc) is 3.03. The highest BCUT2D eigenvalue weighted by atomic mass is 32.1. The van der Waals surface area contributed by atoms with Crippen LogP contribution in [0.3, 0.4) is 0 Å². The van der Waals surface area contributed by atoms with Crippen LogP contribution in [0.15, 0.2) is 11.6 Å². The van der Waals surface area contributed by atoms with E-state index in [9.17, 15) is 4.79 Å². The Morgan fingerprint density at radius 2 is 1.92 bits per heavy atom. The van der Waals surface area contributed by atoms with Crippen LogP contribution in [0.1, 0.15) is 68.3 Å². The molecule has 2 aromatic rings. The first-order valence-electron chi connectivity index (χ1n) is 8.28. The Morgan fingerprint density at radius 3 is 2.42 bits per heavy atom. The van der Waals surface area contributed by atoms with Crippen molar-refractivity contribution < 1.29 is 4.79 Å². The molecule has 0 unspecified atom stereocenters. The number of amides is 1. The fourth-order valence-electron chi connectivity index (χ4n) is 2.46. The van der Waals surface area contributed by atoms with Crippen LogP contribution in [-0.4, -0.2) is 27.2 Å². The maximum absolute atomic E-state index is 12.4. The second-order valence-electron chi connectivity index (χ2n) is 8.11. The molecule has 0 fully saturated rings. The van der Waals surface area contributed by atoms with E-state index in [1.54, 1.807) is 17.5 Å². The van der Waals surface area contributed by atoms with Crippen molar-refractivity contribution in [3.63, 3.8) is 0 Å². The molecule has 6 heteroatoms. The fourth-order valence-corrected chi connectivity index (χ4v) is 3.48. The summed E-state index contributed by atoms with van der Waals surface area (Å²) in [6, 6.07) is 0. The Hall–Kier alpha value is -1.69. The summed E-state index contributed by atoms with van der Waals surface area (Å²) in [4.78, 5) is 17.0. The van der Waals surface area contributed by atoms with Gasteiger partial charge in [-0.05, 0) is 27.7 Å². The highest BCUT2D eigenvalue weighted by Crippen LogP contribution is 2.24. The molecule has 24 heavy (non-hydrogen) atoms. The van der Waals surface area contributed by atoms with Gasteiger partial charge in [-0.15, -0.1) is 11.3 Å². The molecular weight excluding hydrogens is 320 g/mol. The van der Waals surface area contributed by atoms with Crippen molar-refractivity contribution in [1.29, 1.82) is 0 Å². The van der Waals surface area contributed by atoms with Crippen LogP contribution in [0, 0.1) is 6.92 Å². The highest BCUT2D eigenvalue weighted by molar-refractivity contribution is 7.09. The molecule has 132 valence electrons. The van der Waals surface area contributed by atoms with Gasteiger partial charge in [-0.3, -0.25) is 9.48 Å². The molecule has 0 aliphatic carbocycles. The summed E-state index contributed by atoms with van der Waals surface area (Å²) in [5.41, 5.74) is 2.57. The molecular formula is C18H28N4OS. The molecule has 2 heterocycles. The molecule has 0 bridgehead atoms. The molecule has 0 radical (unpaired) electrons. The quantitative estimate of drug-likeness (QED) is 0.917. The van der Waals surface area contributed by atoms with Gasteiger partial charge >= 0.3 is 0 Å². The summed E-state index contributed by atoms with van der Waals surface area (Å²) in [6.45, 7) is 15.2. The van der Waals surface area contributed by atoms with Crippen molar-refractivity contribution in [3.05, 3.63) is 33.5 Å². The number of nitrogens with zero attached hydrogens (tertiary/aromatic N) is 3. The zero-order valence-corrected chi connectivity index (χ0v) is 16.5. The standard InChI is InChI=1S/C18H28N4OS/c1-12-13(10-20-22(12)18(5,6)7)16(23)19-9-8-15-21-14(11-24-15)17(2,3)4/h10-11H,8-9H2,1-7H3,(H,19,23). The largest absolute Gasteiger partial charge is 0.352 e. The molecule has 1 amide bonds. The number of rotatable bonds is 4. The minimum atomic E-state index is -0.132. The van der Waals surface area contributed by atoms with Crippen molar-refractivity contribution >= 4 is 17.2 Å². The first-order chi connectivity index (χ1) is 11.0. The summed E-state index contributed by atoms with van der Waals surface area (Å²) in [7, 11) is 0. The van der Waals surface area contributed by atoms with E-state index in [1.165, 1.54) is 0 Å². The van der Waals surface area contributed by atoms with Crippen molar-refractivity contribution in [3.8, 4) is 0 Å². The van der Waals surface area contributed by atoms with Crippen molar-refractivity contribution in [2.45, 2.75) is 65.8 Å². The van der Waals surface area contributed by atoms with E-state index in [-0.39, 0.29) is 16.9 Å². The lowest BCUT2D eigenvalue weighted by Gasteiger charge is -2.21. The topological polar surface area (TPSA) is 59.8 Å². The van der Waals surface area contributed by atoms with Gasteiger partial charge in [0.15, 0.2) is 0 Å². The summed E-state index contributed by atoms with van der Waals surface area (Å²) < 4.78 is 1.89.